The molecule has 0 aliphatic carbocycles. The summed E-state index contributed by atoms with van der Waals surface area (Å²) in [4.78, 5) is 16.7. The number of hydrogen-bond donors (Lipinski definition) is 1. The number of carbonyl (C=O) groups excluding carboxylic acids is 1. The van der Waals surface area contributed by atoms with E-state index in [1.807, 2.05) is 0 Å². The summed E-state index contributed by atoms with van der Waals surface area (Å²) in [6.45, 7) is 1.70. The van der Waals surface area contributed by atoms with Crippen molar-refractivity contribution in [1.29, 1.82) is 0 Å². The minimum absolute atomic E-state index is 0.340. The standard InChI is InChI=1S/C17H16FN3O2/c1-11-12(7-10-23-11)17(22)20-15(16-19-8-9-21(16)2)13-5-3-4-6-14(13)18/h3-10,15H,1-2H3,(H,20,22). The van der Waals surface area contributed by atoms with Crippen molar-refractivity contribution in [3.8, 4) is 0 Å². The van der Waals surface area contributed by atoms with Crippen molar-refractivity contribution >= 4 is 5.91 Å². The summed E-state index contributed by atoms with van der Waals surface area (Å²) in [5.41, 5.74) is 0.775. The molecule has 0 spiro atoms. The molecule has 0 aliphatic rings. The van der Waals surface area contributed by atoms with Crippen molar-refractivity contribution in [1.82, 2.24) is 14.9 Å². The SMILES string of the molecule is Cc1occc1C(=O)NC(c1ccccc1F)c1nccn1C. The van der Waals surface area contributed by atoms with E-state index in [0.29, 0.717) is 22.7 Å². The van der Waals surface area contributed by atoms with E-state index in [4.69, 9.17) is 4.42 Å². The third kappa shape index (κ3) is 2.88. The molecule has 23 heavy (non-hydrogen) atoms. The molecule has 1 unspecified atom stereocenters. The van der Waals surface area contributed by atoms with Crippen molar-refractivity contribution in [3.63, 3.8) is 0 Å². The van der Waals surface area contributed by atoms with Crippen LogP contribution >= 0.6 is 0 Å². The van der Waals surface area contributed by atoms with Gasteiger partial charge in [0.1, 0.15) is 23.4 Å². The van der Waals surface area contributed by atoms with Gasteiger partial charge in [-0.05, 0) is 19.1 Å². The highest BCUT2D eigenvalue weighted by molar-refractivity contribution is 5.95. The highest BCUT2D eigenvalue weighted by Gasteiger charge is 2.25. The van der Waals surface area contributed by atoms with Gasteiger partial charge in [-0.15, -0.1) is 0 Å². The minimum Gasteiger partial charge on any atom is -0.469 e. The van der Waals surface area contributed by atoms with E-state index >= 15 is 0 Å². The highest BCUT2D eigenvalue weighted by Crippen LogP contribution is 2.24. The normalized spacial score (nSPS) is 12.1. The fraction of sp³-hybridized carbons (Fsp3) is 0.176. The summed E-state index contributed by atoms with van der Waals surface area (Å²) in [5.74, 6) is 0.316. The van der Waals surface area contributed by atoms with Gasteiger partial charge in [-0.25, -0.2) is 9.37 Å². The lowest BCUT2D eigenvalue weighted by Gasteiger charge is -2.19. The number of nitrogens with one attached hydrogen (secondary N) is 1. The molecular weight excluding hydrogens is 297 g/mol. The van der Waals surface area contributed by atoms with Crippen LogP contribution < -0.4 is 5.32 Å². The van der Waals surface area contributed by atoms with Gasteiger partial charge in [0.05, 0.1) is 11.8 Å². The summed E-state index contributed by atoms with van der Waals surface area (Å²) in [6.07, 6.45) is 4.81. The number of imidazole rings is 1. The van der Waals surface area contributed by atoms with Gasteiger partial charge in [0.15, 0.2) is 0 Å². The van der Waals surface area contributed by atoms with Crippen LogP contribution in [0.25, 0.3) is 0 Å². The lowest BCUT2D eigenvalue weighted by atomic mass is 10.0. The van der Waals surface area contributed by atoms with E-state index in [2.05, 4.69) is 10.3 Å². The Morgan fingerprint density at radius 1 is 1.35 bits per heavy atom. The van der Waals surface area contributed by atoms with E-state index < -0.39 is 11.9 Å². The van der Waals surface area contributed by atoms with Crippen molar-refractivity contribution < 1.29 is 13.6 Å². The number of aryl methyl sites for hydroxylation is 2. The molecule has 1 atom stereocenters. The van der Waals surface area contributed by atoms with Gasteiger partial charge in [0.2, 0.25) is 0 Å². The van der Waals surface area contributed by atoms with Crippen molar-refractivity contribution in [3.05, 3.63) is 77.5 Å². The Morgan fingerprint density at radius 3 is 2.74 bits per heavy atom. The van der Waals surface area contributed by atoms with E-state index in [1.165, 1.54) is 12.3 Å². The first kappa shape index (κ1) is 15.0. The zero-order valence-electron chi connectivity index (χ0n) is 12.8. The molecule has 1 amide bonds. The van der Waals surface area contributed by atoms with Crippen molar-refractivity contribution in [2.45, 2.75) is 13.0 Å². The van der Waals surface area contributed by atoms with Gasteiger partial charge in [-0.3, -0.25) is 4.79 Å². The molecule has 118 valence electrons. The Bertz CT molecular complexity index is 838. The van der Waals surface area contributed by atoms with Crippen LogP contribution in [0.3, 0.4) is 0 Å². The second-order valence-electron chi connectivity index (χ2n) is 5.21. The second kappa shape index (κ2) is 6.08. The van der Waals surface area contributed by atoms with E-state index in [-0.39, 0.29) is 5.91 Å². The molecule has 0 fully saturated rings. The number of carbonyl (C=O) groups is 1. The van der Waals surface area contributed by atoms with Crippen LogP contribution in [0.2, 0.25) is 0 Å². The molecule has 1 aromatic carbocycles. The third-order valence-corrected chi connectivity index (χ3v) is 3.71. The summed E-state index contributed by atoms with van der Waals surface area (Å²) in [5, 5.41) is 2.84. The molecule has 0 aliphatic heterocycles. The van der Waals surface area contributed by atoms with Crippen LogP contribution in [0.15, 0.2) is 53.4 Å². The van der Waals surface area contributed by atoms with Gasteiger partial charge >= 0.3 is 0 Å². The number of furan rings is 1. The van der Waals surface area contributed by atoms with Gasteiger partial charge < -0.3 is 14.3 Å². The third-order valence-electron chi connectivity index (χ3n) is 3.71. The fourth-order valence-electron chi connectivity index (χ4n) is 2.48. The average Bonchev–Trinajstić information content (AvgIpc) is 3.14. The van der Waals surface area contributed by atoms with Crippen LogP contribution in [0, 0.1) is 12.7 Å². The molecule has 0 radical (unpaired) electrons. The zero-order chi connectivity index (χ0) is 16.4. The van der Waals surface area contributed by atoms with Gasteiger partial charge in [-0.2, -0.15) is 0 Å². The number of hydrogen-bond acceptors (Lipinski definition) is 3. The quantitative estimate of drug-likeness (QED) is 0.805. The van der Waals surface area contributed by atoms with Gasteiger partial charge in [-0.1, -0.05) is 18.2 Å². The monoisotopic (exact) mass is 313 g/mol. The first-order chi connectivity index (χ1) is 11.1. The maximum atomic E-state index is 14.2. The molecule has 3 rings (SSSR count). The Kier molecular flexibility index (Phi) is 3.97. The first-order valence-electron chi connectivity index (χ1n) is 7.14. The Labute approximate surface area is 132 Å². The van der Waals surface area contributed by atoms with Crippen LogP contribution in [-0.2, 0) is 7.05 Å². The van der Waals surface area contributed by atoms with Crippen molar-refractivity contribution in [2.24, 2.45) is 7.05 Å². The van der Waals surface area contributed by atoms with E-state index in [1.54, 1.807) is 55.2 Å². The fourth-order valence-corrected chi connectivity index (χ4v) is 2.48. The Morgan fingerprint density at radius 2 is 2.13 bits per heavy atom. The predicted octanol–water partition coefficient (Wildman–Crippen LogP) is 2.98. The number of nitrogens with zero attached hydrogens (tertiary/aromatic N) is 2. The molecule has 2 aromatic heterocycles. The van der Waals surface area contributed by atoms with Crippen molar-refractivity contribution in [2.75, 3.05) is 0 Å². The molecular formula is C17H16FN3O2. The van der Waals surface area contributed by atoms with Gasteiger partial charge in [0, 0.05) is 25.0 Å². The summed E-state index contributed by atoms with van der Waals surface area (Å²) >= 11 is 0. The van der Waals surface area contributed by atoms with E-state index in [9.17, 15) is 9.18 Å². The Hall–Kier alpha value is -2.89. The maximum absolute atomic E-state index is 14.2. The number of amides is 1. The number of aromatic nitrogens is 2. The first-order valence-corrected chi connectivity index (χ1v) is 7.14. The highest BCUT2D eigenvalue weighted by atomic mass is 19.1. The maximum Gasteiger partial charge on any atom is 0.255 e. The summed E-state index contributed by atoms with van der Waals surface area (Å²) in [6, 6.07) is 7.22. The summed E-state index contributed by atoms with van der Waals surface area (Å²) < 4.78 is 21.1. The molecule has 1 N–H and O–H groups in total. The minimum atomic E-state index is -0.696. The topological polar surface area (TPSA) is 60.1 Å². The number of benzene rings is 1. The molecule has 0 saturated carbocycles. The average molecular weight is 313 g/mol. The summed E-state index contributed by atoms with van der Waals surface area (Å²) in [7, 11) is 1.80. The van der Waals surface area contributed by atoms with Crippen LogP contribution in [0.5, 0.6) is 0 Å². The van der Waals surface area contributed by atoms with Crippen LogP contribution in [0.4, 0.5) is 4.39 Å². The zero-order valence-corrected chi connectivity index (χ0v) is 12.8. The lowest BCUT2D eigenvalue weighted by Crippen LogP contribution is -2.31. The van der Waals surface area contributed by atoms with Crippen LogP contribution in [0.1, 0.15) is 33.5 Å². The molecule has 5 nitrogen and oxygen atoms in total. The molecule has 3 aromatic rings. The Balaban J connectivity index is 2.00. The molecule has 0 saturated heterocycles. The predicted molar refractivity (Wildman–Crippen MR) is 82.4 cm³/mol. The number of rotatable bonds is 4. The van der Waals surface area contributed by atoms with Gasteiger partial charge in [0.25, 0.3) is 5.91 Å². The van der Waals surface area contributed by atoms with E-state index in [0.717, 1.165) is 0 Å². The lowest BCUT2D eigenvalue weighted by molar-refractivity contribution is 0.0939. The number of halogens is 1. The van der Waals surface area contributed by atoms with Crippen LogP contribution in [-0.4, -0.2) is 15.5 Å². The molecule has 6 heteroatoms. The molecule has 0 bridgehead atoms. The largest absolute Gasteiger partial charge is 0.469 e. The smallest absolute Gasteiger partial charge is 0.255 e. The molecule has 2 heterocycles. The second-order valence-corrected chi connectivity index (χ2v) is 5.21.